The summed E-state index contributed by atoms with van der Waals surface area (Å²) in [4.78, 5) is 14.7. The highest BCUT2D eigenvalue weighted by Gasteiger charge is 2.24. The molecule has 0 fully saturated rings. The second-order valence-electron chi connectivity index (χ2n) is 7.48. The minimum Gasteiger partial charge on any atom is -0.465 e. The highest BCUT2D eigenvalue weighted by atomic mass is 19.1. The fraction of sp³-hybridized carbons (Fsp3) is 0.381. The first-order valence-electron chi connectivity index (χ1n) is 9.86. The predicted molar refractivity (Wildman–Crippen MR) is 105 cm³/mol. The number of benzene rings is 1. The first-order valence-corrected chi connectivity index (χ1v) is 9.86. The summed E-state index contributed by atoms with van der Waals surface area (Å²) in [5.74, 6) is 1.09. The number of hydrogen-bond donors (Lipinski definition) is 1. The summed E-state index contributed by atoms with van der Waals surface area (Å²) < 4.78 is 34.9. The van der Waals surface area contributed by atoms with E-state index in [9.17, 15) is 13.6 Å². The predicted octanol–water partition coefficient (Wildman–Crippen LogP) is 3.01. The maximum Gasteiger partial charge on any atom is 0.254 e. The van der Waals surface area contributed by atoms with Crippen molar-refractivity contribution < 1.29 is 18.0 Å². The zero-order valence-electron chi connectivity index (χ0n) is 16.9. The third kappa shape index (κ3) is 4.25. The molecule has 1 aliphatic heterocycles. The van der Waals surface area contributed by atoms with E-state index in [2.05, 4.69) is 20.4 Å². The highest BCUT2D eigenvalue weighted by Crippen LogP contribution is 2.18. The molecular weight excluding hydrogens is 392 g/mol. The maximum atomic E-state index is 13.9. The van der Waals surface area contributed by atoms with Gasteiger partial charge in [-0.1, -0.05) is 0 Å². The Labute approximate surface area is 172 Å². The molecule has 0 bridgehead atoms. The monoisotopic (exact) mass is 415 g/mol. The number of amides is 1. The molecular formula is C21H23F2N5O2. The van der Waals surface area contributed by atoms with E-state index < -0.39 is 23.6 Å². The second kappa shape index (κ2) is 8.35. The van der Waals surface area contributed by atoms with Gasteiger partial charge in [0.2, 0.25) is 0 Å². The Morgan fingerprint density at radius 3 is 2.80 bits per heavy atom. The Morgan fingerprint density at radius 2 is 2.03 bits per heavy atom. The summed E-state index contributed by atoms with van der Waals surface area (Å²) in [5, 5.41) is 11.2. The molecule has 158 valence electrons. The van der Waals surface area contributed by atoms with Crippen molar-refractivity contribution in [2.75, 3.05) is 13.1 Å². The van der Waals surface area contributed by atoms with Crippen molar-refractivity contribution in [2.24, 2.45) is 0 Å². The Morgan fingerprint density at radius 1 is 1.20 bits per heavy atom. The van der Waals surface area contributed by atoms with E-state index in [0.717, 1.165) is 48.6 Å². The lowest BCUT2D eigenvalue weighted by Gasteiger charge is -2.19. The fourth-order valence-corrected chi connectivity index (χ4v) is 3.67. The lowest BCUT2D eigenvalue weighted by Crippen LogP contribution is -2.30. The van der Waals surface area contributed by atoms with Crippen molar-refractivity contribution in [1.82, 2.24) is 25.0 Å². The topological polar surface area (TPSA) is 76.2 Å². The number of nitrogens with zero attached hydrogens (tertiary/aromatic N) is 4. The van der Waals surface area contributed by atoms with Crippen LogP contribution in [0.5, 0.6) is 0 Å². The first-order chi connectivity index (χ1) is 14.4. The minimum atomic E-state index is -0.773. The van der Waals surface area contributed by atoms with Crippen LogP contribution in [0.1, 0.15) is 46.5 Å². The molecule has 1 amide bonds. The third-order valence-electron chi connectivity index (χ3n) is 5.23. The number of carbonyl (C=O) groups is 1. The minimum absolute atomic E-state index is 0.336. The smallest absolute Gasteiger partial charge is 0.254 e. The summed E-state index contributed by atoms with van der Waals surface area (Å²) in [5.41, 5.74) is -0.336. The molecule has 1 aromatic carbocycles. The summed E-state index contributed by atoms with van der Waals surface area (Å²) in [6.45, 7) is 6.63. The van der Waals surface area contributed by atoms with Crippen LogP contribution in [-0.4, -0.2) is 38.7 Å². The normalized spacial score (nSPS) is 15.5. The van der Waals surface area contributed by atoms with Crippen LogP contribution in [0.3, 0.4) is 0 Å². The Bertz CT molecular complexity index is 1060. The third-order valence-corrected chi connectivity index (χ3v) is 5.23. The number of fused-ring (bicyclic) bond motifs is 1. The van der Waals surface area contributed by atoms with Gasteiger partial charge in [0.25, 0.3) is 5.91 Å². The zero-order valence-corrected chi connectivity index (χ0v) is 16.9. The fourth-order valence-electron chi connectivity index (χ4n) is 3.67. The lowest BCUT2D eigenvalue weighted by molar-refractivity contribution is 0.0932. The van der Waals surface area contributed by atoms with Crippen molar-refractivity contribution in [3.05, 3.63) is 70.7 Å². The number of rotatable bonds is 5. The van der Waals surface area contributed by atoms with Crippen molar-refractivity contribution in [3.63, 3.8) is 0 Å². The number of aryl methyl sites for hydroxylation is 1. The largest absolute Gasteiger partial charge is 0.465 e. The number of nitrogens with one attached hydrogen (secondary N) is 1. The molecule has 3 heterocycles. The molecule has 1 aliphatic rings. The molecule has 9 heteroatoms. The molecule has 4 rings (SSSR count). The molecule has 1 N–H and O–H groups in total. The van der Waals surface area contributed by atoms with Gasteiger partial charge in [-0.15, -0.1) is 10.2 Å². The Balaban J connectivity index is 1.44. The molecule has 1 unspecified atom stereocenters. The molecule has 0 saturated carbocycles. The van der Waals surface area contributed by atoms with Gasteiger partial charge in [-0.25, -0.2) is 8.78 Å². The Hall–Kier alpha value is -3.07. The van der Waals surface area contributed by atoms with Crippen LogP contribution in [-0.2, 0) is 19.5 Å². The van der Waals surface area contributed by atoms with Crippen LogP contribution < -0.4 is 5.32 Å². The molecule has 3 aromatic rings. The van der Waals surface area contributed by atoms with Gasteiger partial charge in [0, 0.05) is 26.1 Å². The van der Waals surface area contributed by atoms with Gasteiger partial charge in [0.1, 0.15) is 29.0 Å². The van der Waals surface area contributed by atoms with Crippen LogP contribution in [0.15, 0.2) is 34.7 Å². The summed E-state index contributed by atoms with van der Waals surface area (Å²) in [6, 6.07) is 6.22. The van der Waals surface area contributed by atoms with E-state index in [1.807, 2.05) is 23.6 Å². The van der Waals surface area contributed by atoms with E-state index in [1.54, 1.807) is 6.92 Å². The number of hydrogen-bond acceptors (Lipinski definition) is 5. The van der Waals surface area contributed by atoms with Gasteiger partial charge in [0.15, 0.2) is 5.82 Å². The zero-order chi connectivity index (χ0) is 21.3. The van der Waals surface area contributed by atoms with Gasteiger partial charge in [-0.05, 0) is 44.2 Å². The Kier molecular flexibility index (Phi) is 5.63. The average Bonchev–Trinajstić information content (AvgIpc) is 3.26. The van der Waals surface area contributed by atoms with E-state index >= 15 is 0 Å². The number of furan rings is 1. The standard InChI is InChI=1S/C21H23F2N5O2/c1-13-3-5-16(30-13)12-27-8-7-19-25-26-20(28(19)10-9-27)14(2)24-21(29)17-11-15(22)4-6-18(17)23/h3-6,11,14H,7-10,12H2,1-2H3,(H,24,29). The highest BCUT2D eigenvalue weighted by molar-refractivity contribution is 5.94. The van der Waals surface area contributed by atoms with E-state index in [-0.39, 0.29) is 5.56 Å². The van der Waals surface area contributed by atoms with Crippen LogP contribution in [0.2, 0.25) is 0 Å². The molecule has 1 atom stereocenters. The van der Waals surface area contributed by atoms with Gasteiger partial charge in [-0.3, -0.25) is 9.69 Å². The molecule has 2 aromatic heterocycles. The van der Waals surface area contributed by atoms with Gasteiger partial charge >= 0.3 is 0 Å². The molecule has 0 aliphatic carbocycles. The van der Waals surface area contributed by atoms with Crippen molar-refractivity contribution >= 4 is 5.91 Å². The molecule has 0 saturated heterocycles. The van der Waals surface area contributed by atoms with Gasteiger partial charge in [0.05, 0.1) is 18.2 Å². The van der Waals surface area contributed by atoms with Crippen LogP contribution in [0, 0.1) is 18.6 Å². The summed E-state index contributed by atoms with van der Waals surface area (Å²) >= 11 is 0. The van der Waals surface area contributed by atoms with Crippen molar-refractivity contribution in [2.45, 2.75) is 39.4 Å². The number of halogens is 2. The molecule has 7 nitrogen and oxygen atoms in total. The maximum absolute atomic E-state index is 13.9. The lowest BCUT2D eigenvalue weighted by atomic mass is 10.1. The quantitative estimate of drug-likeness (QED) is 0.693. The van der Waals surface area contributed by atoms with E-state index in [4.69, 9.17) is 4.42 Å². The van der Waals surface area contributed by atoms with Crippen LogP contribution >= 0.6 is 0 Å². The first kappa shape index (κ1) is 20.2. The van der Waals surface area contributed by atoms with Gasteiger partial charge in [-0.2, -0.15) is 0 Å². The molecule has 0 spiro atoms. The summed E-state index contributed by atoms with van der Waals surface area (Å²) in [7, 11) is 0. The average molecular weight is 415 g/mol. The molecule has 0 radical (unpaired) electrons. The van der Waals surface area contributed by atoms with Crippen LogP contribution in [0.25, 0.3) is 0 Å². The van der Waals surface area contributed by atoms with Crippen LogP contribution in [0.4, 0.5) is 8.78 Å². The number of aromatic nitrogens is 3. The second-order valence-corrected chi connectivity index (χ2v) is 7.48. The number of carbonyl (C=O) groups excluding carboxylic acids is 1. The molecule has 30 heavy (non-hydrogen) atoms. The van der Waals surface area contributed by atoms with Crippen molar-refractivity contribution in [1.29, 1.82) is 0 Å². The van der Waals surface area contributed by atoms with E-state index in [1.165, 1.54) is 0 Å². The van der Waals surface area contributed by atoms with Gasteiger partial charge < -0.3 is 14.3 Å². The SMILES string of the molecule is Cc1ccc(CN2CCc3nnc(C(C)NC(=O)c4cc(F)ccc4F)n3CC2)o1. The summed E-state index contributed by atoms with van der Waals surface area (Å²) in [6.07, 6.45) is 0.714. The van der Waals surface area contributed by atoms with E-state index in [0.29, 0.717) is 25.3 Å². The van der Waals surface area contributed by atoms with Crippen molar-refractivity contribution in [3.8, 4) is 0 Å².